The molecule has 0 aliphatic carbocycles. The summed E-state index contributed by atoms with van der Waals surface area (Å²) in [4.78, 5) is 13.9. The van der Waals surface area contributed by atoms with Crippen LogP contribution in [-0.2, 0) is 16.1 Å². The van der Waals surface area contributed by atoms with E-state index in [2.05, 4.69) is 5.32 Å². The number of likely N-dealkylation sites (tertiary alicyclic amines) is 1. The van der Waals surface area contributed by atoms with E-state index < -0.39 is 24.9 Å². The number of halogens is 3. The molecule has 1 aromatic carbocycles. The van der Waals surface area contributed by atoms with E-state index in [1.54, 1.807) is 4.90 Å². The molecule has 2 fully saturated rings. The van der Waals surface area contributed by atoms with Crippen LogP contribution in [0, 0.1) is 0 Å². The van der Waals surface area contributed by atoms with E-state index in [0.29, 0.717) is 19.7 Å². The number of alkyl halides is 2. The van der Waals surface area contributed by atoms with Crippen LogP contribution in [-0.4, -0.2) is 48.5 Å². The molecule has 2 aliphatic rings. The molecule has 3 rings (SSSR count). The fourth-order valence-electron chi connectivity index (χ4n) is 3.14. The molecule has 1 unspecified atom stereocenters. The average molecular weight is 361 g/mol. The van der Waals surface area contributed by atoms with Crippen molar-refractivity contribution in [2.24, 2.45) is 0 Å². The van der Waals surface area contributed by atoms with Gasteiger partial charge >= 0.3 is 0 Å². The van der Waals surface area contributed by atoms with Crippen molar-refractivity contribution in [3.05, 3.63) is 35.9 Å². The van der Waals surface area contributed by atoms with Crippen LogP contribution in [0.15, 0.2) is 30.3 Å². The van der Waals surface area contributed by atoms with Crippen molar-refractivity contribution in [2.45, 2.75) is 43.9 Å². The van der Waals surface area contributed by atoms with Gasteiger partial charge in [0.15, 0.2) is 0 Å². The van der Waals surface area contributed by atoms with Crippen LogP contribution in [0.4, 0.5) is 8.78 Å². The maximum absolute atomic E-state index is 13.2. The van der Waals surface area contributed by atoms with Crippen LogP contribution < -0.4 is 5.32 Å². The third-order valence-electron chi connectivity index (χ3n) is 4.49. The highest BCUT2D eigenvalue weighted by Crippen LogP contribution is 2.27. The molecular weight excluding hydrogens is 338 g/mol. The topological polar surface area (TPSA) is 41.6 Å². The van der Waals surface area contributed by atoms with Gasteiger partial charge < -0.3 is 9.64 Å². The second kappa shape index (κ2) is 8.23. The molecule has 1 N–H and O–H groups in total. The first-order valence-corrected chi connectivity index (χ1v) is 8.09. The Morgan fingerprint density at radius 1 is 1.25 bits per heavy atom. The molecule has 1 aromatic rings. The summed E-state index contributed by atoms with van der Waals surface area (Å²) < 4.78 is 32.3. The SMILES string of the molecule is Cl.O=C(C1CC(F)(F)CN1)N1CCC(OCc2ccccc2)CC1. The highest BCUT2D eigenvalue weighted by Gasteiger charge is 2.43. The first kappa shape index (κ1) is 19.1. The summed E-state index contributed by atoms with van der Waals surface area (Å²) in [6, 6.07) is 9.21. The molecule has 2 heterocycles. The fraction of sp³-hybridized carbons (Fsp3) is 0.588. The summed E-state index contributed by atoms with van der Waals surface area (Å²) in [6.07, 6.45) is 1.23. The van der Waals surface area contributed by atoms with Gasteiger partial charge in [-0.1, -0.05) is 30.3 Å². The number of benzene rings is 1. The van der Waals surface area contributed by atoms with Gasteiger partial charge in [0.1, 0.15) is 0 Å². The van der Waals surface area contributed by atoms with Gasteiger partial charge in [-0.2, -0.15) is 0 Å². The number of hydrogen-bond acceptors (Lipinski definition) is 3. The zero-order chi connectivity index (χ0) is 16.3. The van der Waals surface area contributed by atoms with Crippen molar-refractivity contribution < 1.29 is 18.3 Å². The van der Waals surface area contributed by atoms with Crippen molar-refractivity contribution in [3.8, 4) is 0 Å². The maximum atomic E-state index is 13.2. The van der Waals surface area contributed by atoms with Gasteiger partial charge in [0.05, 0.1) is 25.3 Å². The molecule has 4 nitrogen and oxygen atoms in total. The van der Waals surface area contributed by atoms with E-state index in [1.807, 2.05) is 30.3 Å². The summed E-state index contributed by atoms with van der Waals surface area (Å²) in [5, 5.41) is 2.63. The molecule has 134 valence electrons. The predicted octanol–water partition coefficient (Wildman–Crippen LogP) is 2.61. The normalized spacial score (nSPS) is 23.8. The minimum absolute atomic E-state index is 0. The zero-order valence-corrected chi connectivity index (χ0v) is 14.2. The van der Waals surface area contributed by atoms with Crippen LogP contribution in [0.5, 0.6) is 0 Å². The van der Waals surface area contributed by atoms with E-state index in [9.17, 15) is 13.6 Å². The highest BCUT2D eigenvalue weighted by molar-refractivity contribution is 5.85. The Morgan fingerprint density at radius 3 is 2.50 bits per heavy atom. The lowest BCUT2D eigenvalue weighted by Gasteiger charge is -2.33. The van der Waals surface area contributed by atoms with E-state index in [1.165, 1.54) is 0 Å². The van der Waals surface area contributed by atoms with Gasteiger partial charge in [-0.15, -0.1) is 12.4 Å². The lowest BCUT2D eigenvalue weighted by atomic mass is 10.1. The Morgan fingerprint density at radius 2 is 1.92 bits per heavy atom. The van der Waals surface area contributed by atoms with Crippen molar-refractivity contribution in [2.75, 3.05) is 19.6 Å². The standard InChI is InChI=1S/C17H22F2N2O2.ClH/c18-17(19)10-15(20-12-17)16(22)21-8-6-14(7-9-21)23-11-13-4-2-1-3-5-13;/h1-5,14-15,20H,6-12H2;1H. The molecule has 0 aromatic heterocycles. The van der Waals surface area contributed by atoms with Crippen LogP contribution in [0.2, 0.25) is 0 Å². The quantitative estimate of drug-likeness (QED) is 0.897. The lowest BCUT2D eigenvalue weighted by molar-refractivity contribution is -0.136. The molecular formula is C17H23ClF2N2O2. The first-order chi connectivity index (χ1) is 11.0. The Labute approximate surface area is 147 Å². The molecule has 0 radical (unpaired) electrons. The number of rotatable bonds is 4. The summed E-state index contributed by atoms with van der Waals surface area (Å²) in [6.45, 7) is 1.31. The van der Waals surface area contributed by atoms with Crippen molar-refractivity contribution >= 4 is 18.3 Å². The van der Waals surface area contributed by atoms with Crippen LogP contribution in [0.3, 0.4) is 0 Å². The smallest absolute Gasteiger partial charge is 0.262 e. The van der Waals surface area contributed by atoms with Crippen molar-refractivity contribution in [1.29, 1.82) is 0 Å². The molecule has 24 heavy (non-hydrogen) atoms. The second-order valence-corrected chi connectivity index (χ2v) is 6.31. The molecule has 0 spiro atoms. The molecule has 0 bridgehead atoms. The van der Waals surface area contributed by atoms with E-state index in [-0.39, 0.29) is 24.4 Å². The first-order valence-electron chi connectivity index (χ1n) is 8.09. The number of nitrogens with one attached hydrogen (secondary N) is 1. The number of piperidine rings is 1. The van der Waals surface area contributed by atoms with Crippen molar-refractivity contribution in [1.82, 2.24) is 10.2 Å². The van der Waals surface area contributed by atoms with Crippen LogP contribution >= 0.6 is 12.4 Å². The summed E-state index contributed by atoms with van der Waals surface area (Å²) >= 11 is 0. The minimum Gasteiger partial charge on any atom is -0.373 e. The van der Waals surface area contributed by atoms with E-state index in [4.69, 9.17) is 4.74 Å². The Bertz CT molecular complexity index is 537. The Balaban J connectivity index is 0.00000208. The van der Waals surface area contributed by atoms with Gasteiger partial charge in [-0.25, -0.2) is 8.78 Å². The number of carbonyl (C=O) groups is 1. The summed E-state index contributed by atoms with van der Waals surface area (Å²) in [7, 11) is 0. The van der Waals surface area contributed by atoms with Crippen LogP contribution in [0.25, 0.3) is 0 Å². The number of carbonyl (C=O) groups excluding carboxylic acids is 1. The van der Waals surface area contributed by atoms with Crippen molar-refractivity contribution in [3.63, 3.8) is 0 Å². The third-order valence-corrected chi connectivity index (χ3v) is 4.49. The number of amides is 1. The zero-order valence-electron chi connectivity index (χ0n) is 13.4. The molecule has 7 heteroatoms. The summed E-state index contributed by atoms with van der Waals surface area (Å²) in [5.74, 6) is -2.97. The molecule has 0 saturated carbocycles. The van der Waals surface area contributed by atoms with Gasteiger partial charge in [0.2, 0.25) is 5.91 Å². The Kier molecular flexibility index (Phi) is 6.54. The second-order valence-electron chi connectivity index (χ2n) is 6.31. The van der Waals surface area contributed by atoms with E-state index in [0.717, 1.165) is 18.4 Å². The Hall–Kier alpha value is -1.24. The largest absolute Gasteiger partial charge is 0.373 e. The molecule has 2 saturated heterocycles. The fourth-order valence-corrected chi connectivity index (χ4v) is 3.14. The van der Waals surface area contributed by atoms with Gasteiger partial charge in [-0.05, 0) is 18.4 Å². The van der Waals surface area contributed by atoms with E-state index >= 15 is 0 Å². The third kappa shape index (κ3) is 4.88. The monoisotopic (exact) mass is 360 g/mol. The molecule has 2 aliphatic heterocycles. The lowest BCUT2D eigenvalue weighted by Crippen LogP contribution is -2.48. The summed E-state index contributed by atoms with van der Waals surface area (Å²) in [5.41, 5.74) is 1.13. The average Bonchev–Trinajstić information content (AvgIpc) is 2.94. The van der Waals surface area contributed by atoms with Crippen LogP contribution in [0.1, 0.15) is 24.8 Å². The maximum Gasteiger partial charge on any atom is 0.262 e. The van der Waals surface area contributed by atoms with Gasteiger partial charge in [0, 0.05) is 19.5 Å². The number of hydrogen-bond donors (Lipinski definition) is 1. The number of ether oxygens (including phenoxy) is 1. The molecule has 1 atom stereocenters. The van der Waals surface area contributed by atoms with Gasteiger partial charge in [-0.3, -0.25) is 10.1 Å². The number of nitrogens with zero attached hydrogens (tertiary/aromatic N) is 1. The predicted molar refractivity (Wildman–Crippen MR) is 89.4 cm³/mol. The van der Waals surface area contributed by atoms with Gasteiger partial charge in [0.25, 0.3) is 5.92 Å². The highest BCUT2D eigenvalue weighted by atomic mass is 35.5. The molecule has 1 amide bonds. The minimum atomic E-state index is -2.77.